The number of benzene rings is 1. The Balaban J connectivity index is 2.02. The molecule has 1 aromatic heterocycles. The molecule has 0 unspecified atom stereocenters. The van der Waals surface area contributed by atoms with E-state index in [9.17, 15) is 4.79 Å². The average molecular weight is 326 g/mol. The van der Waals surface area contributed by atoms with Crippen LogP contribution in [0.4, 0.5) is 11.6 Å². The maximum atomic E-state index is 11.9. The molecule has 1 aromatic carbocycles. The second-order valence-electron chi connectivity index (χ2n) is 6.17. The highest BCUT2D eigenvalue weighted by Crippen LogP contribution is 2.28. The number of likely N-dealkylation sites (N-methyl/N-ethyl adjacent to an activating group) is 1. The Morgan fingerprint density at radius 2 is 2.04 bits per heavy atom. The molecule has 0 radical (unpaired) electrons. The molecule has 1 atom stereocenters. The highest BCUT2D eigenvalue weighted by Gasteiger charge is 2.26. The minimum absolute atomic E-state index is 0.203. The van der Waals surface area contributed by atoms with E-state index in [0.29, 0.717) is 12.5 Å². The fourth-order valence-corrected chi connectivity index (χ4v) is 3.11. The molecule has 0 bridgehead atoms. The molecule has 0 fully saturated rings. The monoisotopic (exact) mass is 326 g/mol. The summed E-state index contributed by atoms with van der Waals surface area (Å²) in [7, 11) is 3.45. The summed E-state index contributed by atoms with van der Waals surface area (Å²) in [6.45, 7) is 5.56. The Bertz CT molecular complexity index is 762. The van der Waals surface area contributed by atoms with Crippen molar-refractivity contribution in [3.8, 4) is 0 Å². The third-order valence-corrected chi connectivity index (χ3v) is 4.31. The summed E-state index contributed by atoms with van der Waals surface area (Å²) >= 11 is 0. The average Bonchev–Trinajstić information content (AvgIpc) is 2.70. The number of rotatable bonds is 2. The largest absolute Gasteiger partial charge is 0.464 e. The van der Waals surface area contributed by atoms with Gasteiger partial charge in [-0.15, -0.1) is 0 Å². The molecule has 1 aliphatic heterocycles. The van der Waals surface area contributed by atoms with Gasteiger partial charge in [0.05, 0.1) is 7.11 Å². The van der Waals surface area contributed by atoms with Crippen LogP contribution in [0.3, 0.4) is 0 Å². The van der Waals surface area contributed by atoms with Crippen LogP contribution in [0.15, 0.2) is 30.3 Å². The Morgan fingerprint density at radius 3 is 2.79 bits per heavy atom. The number of aromatic nitrogens is 2. The van der Waals surface area contributed by atoms with Crippen LogP contribution in [0.25, 0.3) is 0 Å². The molecule has 2 aromatic rings. The van der Waals surface area contributed by atoms with Gasteiger partial charge in [0.1, 0.15) is 0 Å². The van der Waals surface area contributed by atoms with Crippen LogP contribution >= 0.6 is 0 Å². The second-order valence-corrected chi connectivity index (χ2v) is 6.17. The first-order chi connectivity index (χ1) is 11.5. The highest BCUT2D eigenvalue weighted by molar-refractivity contribution is 5.87. The fraction of sp³-hybridized carbons (Fsp3) is 0.389. The van der Waals surface area contributed by atoms with E-state index in [-0.39, 0.29) is 11.7 Å². The van der Waals surface area contributed by atoms with Crippen molar-refractivity contribution >= 4 is 17.6 Å². The lowest BCUT2D eigenvalue weighted by Gasteiger charge is -2.28. The van der Waals surface area contributed by atoms with E-state index in [4.69, 9.17) is 4.74 Å². The van der Waals surface area contributed by atoms with Gasteiger partial charge in [0.2, 0.25) is 5.95 Å². The van der Waals surface area contributed by atoms with Gasteiger partial charge in [-0.05, 0) is 31.5 Å². The fourth-order valence-electron chi connectivity index (χ4n) is 3.11. The number of hydrogen-bond acceptors (Lipinski definition) is 6. The number of hydrogen-bond donors (Lipinski definition) is 0. The number of carbonyl (C=O) groups excluding carboxylic acids is 1. The molecule has 6 heteroatoms. The molecular formula is C18H22N4O2. The van der Waals surface area contributed by atoms with Gasteiger partial charge < -0.3 is 14.5 Å². The summed E-state index contributed by atoms with van der Waals surface area (Å²) in [5, 5.41) is 0. The predicted molar refractivity (Wildman–Crippen MR) is 93.5 cm³/mol. The van der Waals surface area contributed by atoms with Gasteiger partial charge in [-0.3, -0.25) is 0 Å². The summed E-state index contributed by atoms with van der Waals surface area (Å²) in [5.41, 5.74) is 3.47. The summed E-state index contributed by atoms with van der Waals surface area (Å²) in [6.07, 6.45) is 0. The summed E-state index contributed by atoms with van der Waals surface area (Å²) in [4.78, 5) is 25.2. The number of anilines is 2. The van der Waals surface area contributed by atoms with Crippen LogP contribution in [0.5, 0.6) is 0 Å². The minimum atomic E-state index is -0.443. The number of carbonyl (C=O) groups is 1. The van der Waals surface area contributed by atoms with Crippen molar-refractivity contribution in [1.29, 1.82) is 0 Å². The lowest BCUT2D eigenvalue weighted by Crippen LogP contribution is -2.39. The van der Waals surface area contributed by atoms with E-state index >= 15 is 0 Å². The number of fused-ring (bicyclic) bond motifs is 1. The summed E-state index contributed by atoms with van der Waals surface area (Å²) in [5.74, 6) is 0.120. The summed E-state index contributed by atoms with van der Waals surface area (Å²) in [6, 6.07) is 10.2. The van der Waals surface area contributed by atoms with E-state index in [1.54, 1.807) is 6.07 Å². The van der Waals surface area contributed by atoms with Gasteiger partial charge in [-0.1, -0.05) is 18.2 Å². The van der Waals surface area contributed by atoms with E-state index in [2.05, 4.69) is 45.9 Å². The van der Waals surface area contributed by atoms with E-state index in [1.165, 1.54) is 18.4 Å². The van der Waals surface area contributed by atoms with Crippen LogP contribution in [0.1, 0.15) is 28.7 Å². The SMILES string of the molecule is COC(=O)c1cc(C)nc(N2Cc3ccccc3N(C)C[C@H]2C)n1. The second kappa shape index (κ2) is 6.47. The first kappa shape index (κ1) is 16.2. The Kier molecular flexibility index (Phi) is 4.38. The molecule has 126 valence electrons. The van der Waals surface area contributed by atoms with E-state index in [1.807, 2.05) is 19.1 Å². The Morgan fingerprint density at radius 1 is 1.29 bits per heavy atom. The summed E-state index contributed by atoms with van der Waals surface area (Å²) < 4.78 is 4.80. The van der Waals surface area contributed by atoms with Crippen LogP contribution in [0, 0.1) is 6.92 Å². The molecule has 0 saturated carbocycles. The number of para-hydroxylation sites is 1. The zero-order chi connectivity index (χ0) is 17.3. The molecule has 0 amide bonds. The Hall–Kier alpha value is -2.63. The van der Waals surface area contributed by atoms with Crippen LogP contribution in [0.2, 0.25) is 0 Å². The lowest BCUT2D eigenvalue weighted by molar-refractivity contribution is 0.0593. The Labute approximate surface area is 142 Å². The van der Waals surface area contributed by atoms with Gasteiger partial charge >= 0.3 is 5.97 Å². The molecule has 0 saturated heterocycles. The third kappa shape index (κ3) is 3.04. The third-order valence-electron chi connectivity index (χ3n) is 4.31. The van der Waals surface area contributed by atoms with E-state index in [0.717, 1.165) is 12.2 Å². The van der Waals surface area contributed by atoms with E-state index < -0.39 is 5.97 Å². The van der Waals surface area contributed by atoms with Crippen molar-refractivity contribution < 1.29 is 9.53 Å². The normalized spacial score (nSPS) is 17.2. The maximum Gasteiger partial charge on any atom is 0.356 e. The quantitative estimate of drug-likeness (QED) is 0.790. The van der Waals surface area contributed by atoms with Gasteiger partial charge in [0.15, 0.2) is 5.69 Å². The topological polar surface area (TPSA) is 58.6 Å². The molecule has 0 N–H and O–H groups in total. The number of esters is 1. The van der Waals surface area contributed by atoms with Gasteiger partial charge in [-0.2, -0.15) is 0 Å². The first-order valence-corrected chi connectivity index (χ1v) is 7.99. The van der Waals surface area contributed by atoms with Crippen molar-refractivity contribution in [2.45, 2.75) is 26.4 Å². The molecule has 24 heavy (non-hydrogen) atoms. The van der Waals surface area contributed by atoms with Crippen LogP contribution in [-0.4, -0.2) is 42.7 Å². The van der Waals surface area contributed by atoms with Crippen LogP contribution in [-0.2, 0) is 11.3 Å². The van der Waals surface area contributed by atoms with Crippen molar-refractivity contribution in [3.05, 3.63) is 47.3 Å². The molecule has 2 heterocycles. The number of aryl methyl sites for hydroxylation is 1. The smallest absolute Gasteiger partial charge is 0.356 e. The zero-order valence-corrected chi connectivity index (χ0v) is 14.5. The molecule has 0 aliphatic carbocycles. The maximum absolute atomic E-state index is 11.9. The molecule has 6 nitrogen and oxygen atoms in total. The molecule has 0 spiro atoms. The van der Waals surface area contributed by atoms with Gasteiger partial charge in [0.25, 0.3) is 0 Å². The van der Waals surface area contributed by atoms with Crippen LogP contribution < -0.4 is 9.80 Å². The van der Waals surface area contributed by atoms with Crippen molar-refractivity contribution in [2.75, 3.05) is 30.5 Å². The lowest BCUT2D eigenvalue weighted by atomic mass is 10.1. The van der Waals surface area contributed by atoms with Crippen molar-refractivity contribution in [2.24, 2.45) is 0 Å². The van der Waals surface area contributed by atoms with Crippen molar-refractivity contribution in [1.82, 2.24) is 9.97 Å². The van der Waals surface area contributed by atoms with Gasteiger partial charge in [-0.25, -0.2) is 14.8 Å². The first-order valence-electron chi connectivity index (χ1n) is 7.99. The number of nitrogens with zero attached hydrogens (tertiary/aromatic N) is 4. The predicted octanol–water partition coefficient (Wildman–Crippen LogP) is 2.42. The minimum Gasteiger partial charge on any atom is -0.464 e. The zero-order valence-electron chi connectivity index (χ0n) is 14.5. The van der Waals surface area contributed by atoms with Crippen molar-refractivity contribution in [3.63, 3.8) is 0 Å². The molecule has 3 rings (SSSR count). The van der Waals surface area contributed by atoms with Gasteiger partial charge in [0, 0.05) is 37.6 Å². The number of methoxy groups -OCH3 is 1. The molecular weight excluding hydrogens is 304 g/mol. The number of ether oxygens (including phenoxy) is 1. The standard InChI is InChI=1S/C18H22N4O2/c1-12-9-15(17(23)24-4)20-18(19-12)22-11-14-7-5-6-8-16(14)21(3)10-13(22)2/h5-9,13H,10-11H2,1-4H3/t13-/m1/s1. The molecule has 1 aliphatic rings. The highest BCUT2D eigenvalue weighted by atomic mass is 16.5.